The zero-order valence-corrected chi connectivity index (χ0v) is 20.1. The molecule has 0 fully saturated rings. The van der Waals surface area contributed by atoms with Crippen LogP contribution in [0.25, 0.3) is 16.7 Å². The lowest BCUT2D eigenvalue weighted by Gasteiger charge is -2.12. The van der Waals surface area contributed by atoms with Gasteiger partial charge in [-0.25, -0.2) is 8.91 Å². The van der Waals surface area contributed by atoms with E-state index in [9.17, 15) is 14.0 Å². The van der Waals surface area contributed by atoms with Gasteiger partial charge in [0.05, 0.1) is 17.6 Å². The molecule has 36 heavy (non-hydrogen) atoms. The third kappa shape index (κ3) is 4.75. The first-order valence-corrected chi connectivity index (χ1v) is 11.9. The molecule has 7 nitrogen and oxygen atoms in total. The molecular formula is C28H26FN5O2. The number of aromatic nitrogens is 4. The molecule has 1 amide bonds. The average Bonchev–Trinajstić information content (AvgIpc) is 3.32. The van der Waals surface area contributed by atoms with Crippen LogP contribution in [0.5, 0.6) is 0 Å². The molecule has 2 heterocycles. The molecule has 182 valence electrons. The lowest BCUT2D eigenvalue weighted by molar-refractivity contribution is 0.0928. The van der Waals surface area contributed by atoms with Crippen LogP contribution in [0.4, 0.5) is 4.39 Å². The van der Waals surface area contributed by atoms with Crippen molar-refractivity contribution in [1.82, 2.24) is 24.5 Å². The molecule has 0 aliphatic carbocycles. The number of nitrogens with one attached hydrogen (secondary N) is 1. The smallest absolute Gasteiger partial charge is 0.296 e. The predicted octanol–water partition coefficient (Wildman–Crippen LogP) is 4.29. The molecule has 0 saturated carbocycles. The van der Waals surface area contributed by atoms with Crippen molar-refractivity contribution in [2.24, 2.45) is 0 Å². The van der Waals surface area contributed by atoms with Gasteiger partial charge < -0.3 is 5.32 Å². The number of carbonyl (C=O) groups excluding carboxylic acids is 1. The summed E-state index contributed by atoms with van der Waals surface area (Å²) in [7, 11) is 0. The number of amides is 1. The van der Waals surface area contributed by atoms with Gasteiger partial charge in [0.15, 0.2) is 0 Å². The minimum absolute atomic E-state index is 0.0462. The van der Waals surface area contributed by atoms with Gasteiger partial charge >= 0.3 is 0 Å². The highest BCUT2D eigenvalue weighted by Crippen LogP contribution is 2.18. The molecule has 3 aromatic carbocycles. The Bertz CT molecular complexity index is 1620. The first-order chi connectivity index (χ1) is 17.4. The molecule has 0 aliphatic rings. The summed E-state index contributed by atoms with van der Waals surface area (Å²) in [6.07, 6.45) is 1.58. The number of benzene rings is 3. The van der Waals surface area contributed by atoms with Crippen molar-refractivity contribution in [3.05, 3.63) is 111 Å². The Hall–Kier alpha value is -4.33. The van der Waals surface area contributed by atoms with Gasteiger partial charge in [0.1, 0.15) is 5.82 Å². The van der Waals surface area contributed by atoms with E-state index in [1.807, 2.05) is 50.2 Å². The minimum Gasteiger partial charge on any atom is -0.347 e. The number of fused-ring (bicyclic) bond motifs is 3. The van der Waals surface area contributed by atoms with E-state index in [0.29, 0.717) is 16.6 Å². The molecule has 1 N–H and O–H groups in total. The van der Waals surface area contributed by atoms with E-state index in [-0.39, 0.29) is 29.9 Å². The number of rotatable bonds is 7. The van der Waals surface area contributed by atoms with Crippen LogP contribution in [0.2, 0.25) is 0 Å². The predicted molar refractivity (Wildman–Crippen MR) is 137 cm³/mol. The van der Waals surface area contributed by atoms with Crippen molar-refractivity contribution >= 4 is 22.6 Å². The summed E-state index contributed by atoms with van der Waals surface area (Å²) in [5.74, 6) is -0.871. The summed E-state index contributed by atoms with van der Waals surface area (Å²) in [5, 5.41) is 7.32. The summed E-state index contributed by atoms with van der Waals surface area (Å²) in [4.78, 5) is 30.7. The van der Waals surface area contributed by atoms with Crippen molar-refractivity contribution in [1.29, 1.82) is 0 Å². The van der Waals surface area contributed by atoms with Crippen LogP contribution in [0.1, 0.15) is 40.7 Å². The quantitative estimate of drug-likeness (QED) is 0.375. The SMILES string of the molecule is Cc1ccc2c(c1)n(Cc1cccc(F)c1)c(=O)c1nc(C(=O)NC(C)CCc3ccccc3)nn12. The number of halogens is 1. The van der Waals surface area contributed by atoms with Gasteiger partial charge in [0.25, 0.3) is 11.5 Å². The summed E-state index contributed by atoms with van der Waals surface area (Å²) in [6.45, 7) is 4.02. The van der Waals surface area contributed by atoms with Gasteiger partial charge in [-0.05, 0) is 67.6 Å². The van der Waals surface area contributed by atoms with Gasteiger partial charge in [-0.1, -0.05) is 48.5 Å². The van der Waals surface area contributed by atoms with Gasteiger partial charge in [0, 0.05) is 6.04 Å². The van der Waals surface area contributed by atoms with E-state index >= 15 is 0 Å². The fourth-order valence-corrected chi connectivity index (χ4v) is 4.34. The summed E-state index contributed by atoms with van der Waals surface area (Å²) < 4.78 is 16.8. The number of hydrogen-bond acceptors (Lipinski definition) is 4. The Morgan fingerprint density at radius 3 is 2.56 bits per heavy atom. The second-order valence-corrected chi connectivity index (χ2v) is 9.08. The van der Waals surface area contributed by atoms with Crippen molar-refractivity contribution < 1.29 is 9.18 Å². The summed E-state index contributed by atoms with van der Waals surface area (Å²) in [6, 6.07) is 21.7. The van der Waals surface area contributed by atoms with Crippen molar-refractivity contribution in [3.63, 3.8) is 0 Å². The second kappa shape index (κ2) is 9.73. The Balaban J connectivity index is 1.48. The molecule has 1 unspecified atom stereocenters. The zero-order chi connectivity index (χ0) is 25.2. The van der Waals surface area contributed by atoms with Crippen LogP contribution in [0.15, 0.2) is 77.6 Å². The third-order valence-corrected chi connectivity index (χ3v) is 6.21. The lowest BCUT2D eigenvalue weighted by atomic mass is 10.1. The molecule has 2 aromatic heterocycles. The Morgan fingerprint density at radius 2 is 1.78 bits per heavy atom. The van der Waals surface area contributed by atoms with Gasteiger partial charge in [-0.15, -0.1) is 5.10 Å². The number of hydrogen-bond donors (Lipinski definition) is 1. The fourth-order valence-electron chi connectivity index (χ4n) is 4.34. The molecule has 5 rings (SSSR count). The highest BCUT2D eigenvalue weighted by molar-refractivity contribution is 5.91. The van der Waals surface area contributed by atoms with Crippen molar-refractivity contribution in [3.8, 4) is 0 Å². The van der Waals surface area contributed by atoms with E-state index in [1.54, 1.807) is 16.7 Å². The third-order valence-electron chi connectivity index (χ3n) is 6.21. The zero-order valence-electron chi connectivity index (χ0n) is 20.1. The Labute approximate surface area is 207 Å². The Morgan fingerprint density at radius 1 is 1.00 bits per heavy atom. The molecule has 0 saturated heterocycles. The van der Waals surface area contributed by atoms with Gasteiger partial charge in [0.2, 0.25) is 11.5 Å². The Kier molecular flexibility index (Phi) is 6.33. The lowest BCUT2D eigenvalue weighted by Crippen LogP contribution is -2.33. The summed E-state index contributed by atoms with van der Waals surface area (Å²) in [5.41, 5.74) is 3.71. The molecule has 0 bridgehead atoms. The second-order valence-electron chi connectivity index (χ2n) is 9.08. The van der Waals surface area contributed by atoms with E-state index in [4.69, 9.17) is 0 Å². The summed E-state index contributed by atoms with van der Waals surface area (Å²) >= 11 is 0. The first kappa shape index (κ1) is 23.4. The normalized spacial score (nSPS) is 12.2. The van der Waals surface area contributed by atoms with Crippen LogP contribution in [0, 0.1) is 12.7 Å². The van der Waals surface area contributed by atoms with Crippen molar-refractivity contribution in [2.45, 2.75) is 39.3 Å². The largest absolute Gasteiger partial charge is 0.347 e. The van der Waals surface area contributed by atoms with E-state index in [1.165, 1.54) is 22.2 Å². The highest BCUT2D eigenvalue weighted by Gasteiger charge is 2.20. The van der Waals surface area contributed by atoms with E-state index < -0.39 is 11.5 Å². The molecule has 8 heteroatoms. The molecule has 0 aliphatic heterocycles. The maximum atomic E-state index is 13.8. The van der Waals surface area contributed by atoms with Crippen molar-refractivity contribution in [2.75, 3.05) is 0 Å². The number of carbonyl (C=O) groups is 1. The monoisotopic (exact) mass is 483 g/mol. The van der Waals surface area contributed by atoms with Crippen LogP contribution < -0.4 is 10.9 Å². The van der Waals surface area contributed by atoms with Crippen LogP contribution >= 0.6 is 0 Å². The number of aryl methyl sites for hydroxylation is 2. The minimum atomic E-state index is -0.435. The molecule has 0 radical (unpaired) electrons. The van der Waals surface area contributed by atoms with Gasteiger partial charge in [-0.3, -0.25) is 14.2 Å². The highest BCUT2D eigenvalue weighted by atomic mass is 19.1. The number of nitrogens with zero attached hydrogens (tertiary/aromatic N) is 4. The topological polar surface area (TPSA) is 81.3 Å². The standard InChI is InChI=1S/C28H26FN5O2/c1-18-11-14-23-24(15-18)33(17-21-9-6-10-22(29)16-21)28(36)26-31-25(32-34(23)26)27(35)30-19(2)12-13-20-7-4-3-5-8-20/h3-11,14-16,19H,12-13,17H2,1-2H3,(H,30,35). The molecule has 1 atom stereocenters. The maximum Gasteiger partial charge on any atom is 0.296 e. The first-order valence-electron chi connectivity index (χ1n) is 11.9. The average molecular weight is 484 g/mol. The van der Waals surface area contributed by atoms with Crippen LogP contribution in [0.3, 0.4) is 0 Å². The molecule has 0 spiro atoms. The van der Waals surface area contributed by atoms with E-state index in [2.05, 4.69) is 27.5 Å². The van der Waals surface area contributed by atoms with Crippen LogP contribution in [-0.2, 0) is 13.0 Å². The maximum absolute atomic E-state index is 13.8. The molecular weight excluding hydrogens is 457 g/mol. The van der Waals surface area contributed by atoms with E-state index in [0.717, 1.165) is 18.4 Å². The molecule has 5 aromatic rings. The fraction of sp³-hybridized carbons (Fsp3) is 0.214. The van der Waals surface area contributed by atoms with Crippen LogP contribution in [-0.4, -0.2) is 31.1 Å². The van der Waals surface area contributed by atoms with Gasteiger partial charge in [-0.2, -0.15) is 4.98 Å².